The summed E-state index contributed by atoms with van der Waals surface area (Å²) in [5, 5.41) is 16.3. The molecular formula is C8H18N2O4. The summed E-state index contributed by atoms with van der Waals surface area (Å²) in [4.78, 5) is 21.9. The Morgan fingerprint density at radius 3 is 1.86 bits per heavy atom. The summed E-state index contributed by atoms with van der Waals surface area (Å²) in [6, 6.07) is -1.06. The first-order valence-corrected chi connectivity index (χ1v) is 4.08. The van der Waals surface area contributed by atoms with Gasteiger partial charge in [0, 0.05) is 6.42 Å². The monoisotopic (exact) mass is 206 g/mol. The summed E-state index contributed by atoms with van der Waals surface area (Å²) in [6.45, 7) is 0. The van der Waals surface area contributed by atoms with E-state index in [1.165, 1.54) is 0 Å². The van der Waals surface area contributed by atoms with E-state index in [0.29, 0.717) is 0 Å². The van der Waals surface area contributed by atoms with Crippen LogP contribution in [0.25, 0.3) is 0 Å². The maximum Gasteiger partial charge on any atom is 0.320 e. The second kappa shape index (κ2) is 8.46. The van der Waals surface area contributed by atoms with Gasteiger partial charge in [-0.3, -0.25) is 9.59 Å². The minimum absolute atomic E-state index is 0.0231. The predicted molar refractivity (Wildman–Crippen MR) is 52.1 cm³/mol. The molecule has 4 N–H and O–H groups in total. The van der Waals surface area contributed by atoms with Gasteiger partial charge in [0.15, 0.2) is 0 Å². The highest BCUT2D eigenvalue weighted by molar-refractivity contribution is 5.74. The van der Waals surface area contributed by atoms with Crippen LogP contribution in [0.4, 0.5) is 0 Å². The Morgan fingerprint density at radius 2 is 1.64 bits per heavy atom. The minimum Gasteiger partial charge on any atom is -0.481 e. The topological polar surface area (TPSA) is 104 Å². The third-order valence-electron chi connectivity index (χ3n) is 0.986. The SMILES string of the molecule is CN(C)C.N[C@@H](CCC(=O)O)C(=O)O. The van der Waals surface area contributed by atoms with Crippen LogP contribution in [0.2, 0.25) is 0 Å². The van der Waals surface area contributed by atoms with Crippen LogP contribution in [0.1, 0.15) is 12.8 Å². The fourth-order valence-electron chi connectivity index (χ4n) is 0.402. The molecule has 0 aromatic heterocycles. The summed E-state index contributed by atoms with van der Waals surface area (Å²) in [6.07, 6.45) is -0.224. The number of nitrogens with two attached hydrogens (primary N) is 1. The number of carbonyl (C=O) groups is 2. The standard InChI is InChI=1S/C5H9NO4.C3H9N/c6-3(5(9)10)1-2-4(7)8;1-4(2)3/h3H,1-2,6H2,(H,7,8)(H,9,10);1-3H3/t3-;/m0./s1. The van der Waals surface area contributed by atoms with Crippen molar-refractivity contribution in [2.75, 3.05) is 21.1 Å². The van der Waals surface area contributed by atoms with Gasteiger partial charge in [-0.05, 0) is 27.6 Å². The van der Waals surface area contributed by atoms with E-state index in [0.717, 1.165) is 0 Å². The Morgan fingerprint density at radius 1 is 1.29 bits per heavy atom. The maximum absolute atomic E-state index is 9.99. The predicted octanol–water partition coefficient (Wildman–Crippen LogP) is -0.559. The van der Waals surface area contributed by atoms with Gasteiger partial charge in [-0.15, -0.1) is 0 Å². The number of hydrogen-bond acceptors (Lipinski definition) is 4. The van der Waals surface area contributed by atoms with E-state index in [2.05, 4.69) is 0 Å². The van der Waals surface area contributed by atoms with Gasteiger partial charge < -0.3 is 20.8 Å². The van der Waals surface area contributed by atoms with Crippen LogP contribution in [0.5, 0.6) is 0 Å². The quantitative estimate of drug-likeness (QED) is 0.569. The van der Waals surface area contributed by atoms with Crippen molar-refractivity contribution in [3.63, 3.8) is 0 Å². The number of hydrogen-bond donors (Lipinski definition) is 3. The highest BCUT2D eigenvalue weighted by Crippen LogP contribution is 1.93. The van der Waals surface area contributed by atoms with E-state index < -0.39 is 18.0 Å². The van der Waals surface area contributed by atoms with Crippen molar-refractivity contribution in [2.24, 2.45) is 5.73 Å². The van der Waals surface area contributed by atoms with Crippen molar-refractivity contribution >= 4 is 11.9 Å². The maximum atomic E-state index is 9.99. The molecule has 0 aromatic rings. The second-order valence-electron chi connectivity index (χ2n) is 3.22. The van der Waals surface area contributed by atoms with Crippen LogP contribution >= 0.6 is 0 Å². The molecule has 6 nitrogen and oxygen atoms in total. The van der Waals surface area contributed by atoms with Crippen LogP contribution in [0.15, 0.2) is 0 Å². The lowest BCUT2D eigenvalue weighted by Crippen LogP contribution is -2.30. The Balaban J connectivity index is 0. The lowest BCUT2D eigenvalue weighted by atomic mass is 10.2. The Labute approximate surface area is 83.3 Å². The van der Waals surface area contributed by atoms with Gasteiger partial charge in [-0.1, -0.05) is 0 Å². The average Bonchev–Trinajstić information content (AvgIpc) is 1.98. The number of rotatable bonds is 4. The largest absolute Gasteiger partial charge is 0.481 e. The van der Waals surface area contributed by atoms with Gasteiger partial charge >= 0.3 is 11.9 Å². The summed E-state index contributed by atoms with van der Waals surface area (Å²) in [5.41, 5.74) is 5.00. The zero-order valence-corrected chi connectivity index (χ0v) is 8.73. The molecular weight excluding hydrogens is 188 g/mol. The fourth-order valence-corrected chi connectivity index (χ4v) is 0.402. The Kier molecular flexibility index (Phi) is 9.27. The normalized spacial score (nSPS) is 11.5. The fraction of sp³-hybridized carbons (Fsp3) is 0.750. The first kappa shape index (κ1) is 15.3. The van der Waals surface area contributed by atoms with Crippen molar-refractivity contribution in [1.29, 1.82) is 0 Å². The summed E-state index contributed by atoms with van der Waals surface area (Å²) >= 11 is 0. The van der Waals surface area contributed by atoms with Crippen molar-refractivity contribution in [1.82, 2.24) is 4.90 Å². The smallest absolute Gasteiger partial charge is 0.320 e. The number of nitrogens with zero attached hydrogens (tertiary/aromatic N) is 1. The number of aliphatic carboxylic acids is 2. The first-order valence-electron chi connectivity index (χ1n) is 4.08. The van der Waals surface area contributed by atoms with Crippen LogP contribution in [-0.4, -0.2) is 54.2 Å². The lowest BCUT2D eigenvalue weighted by Gasteiger charge is -2.01. The molecule has 0 heterocycles. The van der Waals surface area contributed by atoms with Crippen molar-refractivity contribution in [3.05, 3.63) is 0 Å². The molecule has 0 rings (SSSR count). The number of carboxylic acids is 2. The highest BCUT2D eigenvalue weighted by Gasteiger charge is 2.12. The summed E-state index contributed by atoms with van der Waals surface area (Å²) < 4.78 is 0. The molecule has 84 valence electrons. The molecule has 1 atom stereocenters. The van der Waals surface area contributed by atoms with Gasteiger partial charge in [0.25, 0.3) is 0 Å². The minimum atomic E-state index is -1.17. The highest BCUT2D eigenvalue weighted by atomic mass is 16.4. The van der Waals surface area contributed by atoms with E-state index in [4.69, 9.17) is 15.9 Å². The first-order chi connectivity index (χ1) is 6.27. The van der Waals surface area contributed by atoms with Gasteiger partial charge in [-0.2, -0.15) is 0 Å². The average molecular weight is 206 g/mol. The molecule has 0 unspecified atom stereocenters. The van der Waals surface area contributed by atoms with Gasteiger partial charge in [0.1, 0.15) is 6.04 Å². The second-order valence-corrected chi connectivity index (χ2v) is 3.22. The van der Waals surface area contributed by atoms with Crippen LogP contribution in [0.3, 0.4) is 0 Å². The molecule has 0 aliphatic rings. The van der Waals surface area contributed by atoms with Gasteiger partial charge in [0.05, 0.1) is 0 Å². The zero-order chi connectivity index (χ0) is 11.7. The molecule has 0 aromatic carbocycles. The molecule has 0 radical (unpaired) electrons. The van der Waals surface area contributed by atoms with Crippen LogP contribution in [-0.2, 0) is 9.59 Å². The molecule has 6 heteroatoms. The molecule has 0 saturated carbocycles. The van der Waals surface area contributed by atoms with Gasteiger partial charge in [0.2, 0.25) is 0 Å². The van der Waals surface area contributed by atoms with Crippen molar-refractivity contribution in [3.8, 4) is 0 Å². The molecule has 14 heavy (non-hydrogen) atoms. The van der Waals surface area contributed by atoms with Crippen molar-refractivity contribution < 1.29 is 19.8 Å². The summed E-state index contributed by atoms with van der Waals surface area (Å²) in [5.74, 6) is -2.20. The lowest BCUT2D eigenvalue weighted by molar-refractivity contribution is -0.139. The third kappa shape index (κ3) is 17.1. The van der Waals surface area contributed by atoms with Gasteiger partial charge in [-0.25, -0.2) is 0 Å². The molecule has 0 amide bonds. The van der Waals surface area contributed by atoms with Crippen LogP contribution in [0, 0.1) is 0 Å². The van der Waals surface area contributed by atoms with E-state index in [-0.39, 0.29) is 12.8 Å². The molecule has 0 saturated heterocycles. The Bertz CT molecular complexity index is 179. The van der Waals surface area contributed by atoms with Crippen molar-refractivity contribution in [2.45, 2.75) is 18.9 Å². The summed E-state index contributed by atoms with van der Waals surface area (Å²) in [7, 11) is 6.00. The molecule has 0 spiro atoms. The Hall–Kier alpha value is -1.14. The molecule has 0 aliphatic heterocycles. The zero-order valence-electron chi connectivity index (χ0n) is 8.73. The van der Waals surface area contributed by atoms with E-state index in [1.54, 1.807) is 0 Å². The van der Waals surface area contributed by atoms with E-state index >= 15 is 0 Å². The van der Waals surface area contributed by atoms with Crippen LogP contribution < -0.4 is 5.73 Å². The van der Waals surface area contributed by atoms with E-state index in [9.17, 15) is 9.59 Å². The molecule has 0 bridgehead atoms. The number of carboxylic acid groups (broad SMARTS) is 2. The molecule has 0 aliphatic carbocycles. The third-order valence-corrected chi connectivity index (χ3v) is 0.986. The van der Waals surface area contributed by atoms with E-state index in [1.807, 2.05) is 26.0 Å². The molecule has 0 fully saturated rings.